The van der Waals surface area contributed by atoms with Crippen molar-refractivity contribution in [2.24, 2.45) is 0 Å². The maximum Gasteiger partial charge on any atom is 0.119 e. The van der Waals surface area contributed by atoms with E-state index in [-0.39, 0.29) is 0 Å². The van der Waals surface area contributed by atoms with Crippen LogP contribution in [0.15, 0.2) is 48.0 Å². The van der Waals surface area contributed by atoms with Crippen molar-refractivity contribution in [3.63, 3.8) is 0 Å². The van der Waals surface area contributed by atoms with Gasteiger partial charge in [-0.1, -0.05) is 18.7 Å². The van der Waals surface area contributed by atoms with E-state index in [1.807, 2.05) is 37.3 Å². The number of rotatable bonds is 7. The number of hydrogen-bond acceptors (Lipinski definition) is 5. The van der Waals surface area contributed by atoms with Crippen LogP contribution < -0.4 is 20.0 Å². The number of aliphatic hydroxyl groups is 1. The highest BCUT2D eigenvalue weighted by atomic mass is 32.2. The molecular formula is C21H23N3O2S. The van der Waals surface area contributed by atoms with Crippen molar-refractivity contribution in [3.8, 4) is 11.8 Å². The molecule has 0 saturated heterocycles. The van der Waals surface area contributed by atoms with Crippen molar-refractivity contribution in [3.05, 3.63) is 59.2 Å². The Balaban J connectivity index is 1.65. The van der Waals surface area contributed by atoms with Gasteiger partial charge in [0.2, 0.25) is 0 Å². The zero-order chi connectivity index (χ0) is 19.3. The van der Waals surface area contributed by atoms with E-state index < -0.39 is 5.60 Å². The maximum absolute atomic E-state index is 10.1. The fourth-order valence-electron chi connectivity index (χ4n) is 2.87. The average molecular weight is 382 g/mol. The molecule has 0 atom stereocenters. The van der Waals surface area contributed by atoms with Gasteiger partial charge in [-0.25, -0.2) is 0 Å². The van der Waals surface area contributed by atoms with Gasteiger partial charge >= 0.3 is 0 Å². The molecule has 0 spiro atoms. The zero-order valence-electron chi connectivity index (χ0n) is 15.3. The van der Waals surface area contributed by atoms with Crippen molar-refractivity contribution in [2.45, 2.75) is 36.7 Å². The molecule has 1 aliphatic rings. The molecule has 1 fully saturated rings. The lowest BCUT2D eigenvalue weighted by Crippen LogP contribution is -2.42. The quantitative estimate of drug-likeness (QED) is 0.642. The van der Waals surface area contributed by atoms with Gasteiger partial charge in [0.25, 0.3) is 0 Å². The summed E-state index contributed by atoms with van der Waals surface area (Å²) in [5.41, 5.74) is 0.868. The van der Waals surface area contributed by atoms with Crippen LogP contribution in [-0.4, -0.2) is 22.3 Å². The fraction of sp³-hybridized carbons (Fsp3) is 0.286. The molecule has 1 aromatic carbocycles. The number of nitriles is 1. The molecule has 1 aliphatic carbocycles. The highest BCUT2D eigenvalue weighted by molar-refractivity contribution is 7.97. The van der Waals surface area contributed by atoms with Crippen LogP contribution in [-0.2, 0) is 0 Å². The van der Waals surface area contributed by atoms with Crippen molar-refractivity contribution in [2.75, 3.05) is 6.61 Å². The molecule has 27 heavy (non-hydrogen) atoms. The predicted octanol–water partition coefficient (Wildman–Crippen LogP) is 2.57. The smallest absolute Gasteiger partial charge is 0.119 e. The molecule has 0 amide bonds. The number of aromatic nitrogens is 1. The molecule has 0 radical (unpaired) electrons. The highest BCUT2D eigenvalue weighted by Gasteiger charge is 2.35. The van der Waals surface area contributed by atoms with Crippen LogP contribution in [0.3, 0.4) is 0 Å². The molecule has 0 unspecified atom stereocenters. The molecule has 2 aromatic rings. The van der Waals surface area contributed by atoms with Crippen LogP contribution in [0, 0.1) is 11.3 Å². The molecule has 0 bridgehead atoms. The Morgan fingerprint density at radius 3 is 2.78 bits per heavy atom. The molecular weight excluding hydrogens is 358 g/mol. The number of allylic oxidation sites excluding steroid dienone is 1. The van der Waals surface area contributed by atoms with Crippen molar-refractivity contribution in [1.82, 2.24) is 9.71 Å². The minimum absolute atomic E-state index is 0.348. The summed E-state index contributed by atoms with van der Waals surface area (Å²) >= 11 is 1.48. The lowest BCUT2D eigenvalue weighted by atomic mass is 9.81. The molecule has 140 valence electrons. The third-order valence-corrected chi connectivity index (χ3v) is 5.55. The van der Waals surface area contributed by atoms with E-state index in [0.717, 1.165) is 46.2 Å². The summed E-state index contributed by atoms with van der Waals surface area (Å²) < 4.78 is 8.99. The summed E-state index contributed by atoms with van der Waals surface area (Å²) in [6.45, 7) is 6.02. The second kappa shape index (κ2) is 8.38. The number of nitrogens with zero attached hydrogens (tertiary/aromatic N) is 1. The molecule has 5 nitrogen and oxygen atoms in total. The van der Waals surface area contributed by atoms with E-state index in [1.165, 1.54) is 11.9 Å². The van der Waals surface area contributed by atoms with Gasteiger partial charge in [0, 0.05) is 22.0 Å². The third-order valence-electron chi connectivity index (χ3n) is 4.64. The van der Waals surface area contributed by atoms with Crippen LogP contribution in [0.4, 0.5) is 0 Å². The molecule has 1 aromatic heterocycles. The van der Waals surface area contributed by atoms with Gasteiger partial charge in [-0.3, -0.25) is 0 Å². The largest absolute Gasteiger partial charge is 0.491 e. The minimum Gasteiger partial charge on any atom is -0.491 e. The van der Waals surface area contributed by atoms with Gasteiger partial charge in [-0.05, 0) is 62.4 Å². The second-order valence-electron chi connectivity index (χ2n) is 6.67. The van der Waals surface area contributed by atoms with Crippen LogP contribution in [0.2, 0.25) is 0 Å². The summed E-state index contributed by atoms with van der Waals surface area (Å²) in [4.78, 5) is 4.17. The molecule has 3 rings (SSSR count). The number of benzene rings is 1. The van der Waals surface area contributed by atoms with Gasteiger partial charge in [0.05, 0.1) is 16.5 Å². The van der Waals surface area contributed by atoms with Crippen LogP contribution in [0.5, 0.6) is 5.75 Å². The molecule has 6 heteroatoms. The standard InChI is InChI=1S/C21H23N3O2S/c1-3-5-19-16(12-22)13-23-20(19)15(2)24-27-18-8-6-17(7-9-18)26-14-21(25)10-4-11-21/h3,5-9,13,23-25H,1,4,10-11,14H2,2H3/b19-5-,20-15-. The summed E-state index contributed by atoms with van der Waals surface area (Å²) in [6.07, 6.45) is 7.90. The van der Waals surface area contributed by atoms with Gasteiger partial charge in [0.1, 0.15) is 18.4 Å². The summed E-state index contributed by atoms with van der Waals surface area (Å²) in [7, 11) is 0. The van der Waals surface area contributed by atoms with E-state index in [0.29, 0.717) is 12.2 Å². The van der Waals surface area contributed by atoms with Crippen LogP contribution in [0.25, 0.3) is 11.8 Å². The van der Waals surface area contributed by atoms with E-state index in [2.05, 4.69) is 22.4 Å². The van der Waals surface area contributed by atoms with E-state index in [9.17, 15) is 10.4 Å². The van der Waals surface area contributed by atoms with Crippen molar-refractivity contribution < 1.29 is 9.84 Å². The number of aromatic amines is 1. The van der Waals surface area contributed by atoms with Crippen LogP contribution in [0.1, 0.15) is 31.7 Å². The second-order valence-corrected chi connectivity index (χ2v) is 7.55. The van der Waals surface area contributed by atoms with E-state index >= 15 is 0 Å². The molecule has 0 aliphatic heterocycles. The summed E-state index contributed by atoms with van der Waals surface area (Å²) in [5, 5.41) is 21.0. The Morgan fingerprint density at radius 1 is 1.44 bits per heavy atom. The first-order valence-corrected chi connectivity index (χ1v) is 9.65. The molecule has 3 N–H and O–H groups in total. The molecule has 1 heterocycles. The Hall–Kier alpha value is -2.62. The van der Waals surface area contributed by atoms with E-state index in [4.69, 9.17) is 4.74 Å². The van der Waals surface area contributed by atoms with Gasteiger partial charge in [-0.2, -0.15) is 5.26 Å². The fourth-order valence-corrected chi connectivity index (χ4v) is 3.51. The first-order chi connectivity index (χ1) is 13.0. The minimum atomic E-state index is -0.639. The first-order valence-electron chi connectivity index (χ1n) is 8.84. The normalized spacial score (nSPS) is 16.9. The molecule has 1 saturated carbocycles. The highest BCUT2D eigenvalue weighted by Crippen LogP contribution is 2.32. The number of hydrogen-bond donors (Lipinski definition) is 3. The first kappa shape index (κ1) is 19.2. The average Bonchev–Trinajstić information content (AvgIpc) is 3.07. The monoisotopic (exact) mass is 381 g/mol. The number of H-pyrrole nitrogens is 1. The predicted molar refractivity (Wildman–Crippen MR) is 108 cm³/mol. The van der Waals surface area contributed by atoms with Crippen LogP contribution >= 0.6 is 11.9 Å². The Morgan fingerprint density at radius 2 is 2.19 bits per heavy atom. The lowest BCUT2D eigenvalue weighted by Gasteiger charge is -2.35. The van der Waals surface area contributed by atoms with Gasteiger partial charge in [0.15, 0.2) is 0 Å². The number of nitrogens with one attached hydrogen (secondary N) is 2. The Kier molecular flexibility index (Phi) is 5.94. The Labute approximate surface area is 163 Å². The third kappa shape index (κ3) is 4.57. The van der Waals surface area contributed by atoms with E-state index in [1.54, 1.807) is 12.3 Å². The SMILES string of the molecule is C=C/C=c1/c(C#N)c[nH]/c1=C(/C)NSc1ccc(OCC2(O)CCC2)cc1. The number of ether oxygens (including phenoxy) is 1. The summed E-state index contributed by atoms with van der Waals surface area (Å²) in [6, 6.07) is 9.92. The van der Waals surface area contributed by atoms with Gasteiger partial charge in [-0.15, -0.1) is 0 Å². The van der Waals surface area contributed by atoms with Crippen molar-refractivity contribution in [1.29, 1.82) is 5.26 Å². The Bertz CT molecular complexity index is 966. The topological polar surface area (TPSA) is 81.1 Å². The lowest BCUT2D eigenvalue weighted by molar-refractivity contribution is -0.0663. The summed E-state index contributed by atoms with van der Waals surface area (Å²) in [5.74, 6) is 0.756. The zero-order valence-corrected chi connectivity index (χ0v) is 16.1. The van der Waals surface area contributed by atoms with Crippen molar-refractivity contribution >= 4 is 23.7 Å². The van der Waals surface area contributed by atoms with Gasteiger partial charge < -0.3 is 19.5 Å². The maximum atomic E-state index is 10.1.